The largest absolute Gasteiger partial charge is 0.354 e. The molecule has 3 heteroatoms. The van der Waals surface area contributed by atoms with Gasteiger partial charge in [-0.15, -0.1) is 0 Å². The lowest BCUT2D eigenvalue weighted by Crippen LogP contribution is -2.44. The summed E-state index contributed by atoms with van der Waals surface area (Å²) in [4.78, 5) is 0. The molecule has 0 fully saturated rings. The second-order valence-electron chi connectivity index (χ2n) is 5.10. The molecule has 0 spiro atoms. The van der Waals surface area contributed by atoms with Crippen LogP contribution in [0.3, 0.4) is 0 Å². The number of benzene rings is 1. The maximum Gasteiger partial charge on any atom is 0.172 e. The van der Waals surface area contributed by atoms with Gasteiger partial charge in [-0.2, -0.15) is 0 Å². The number of nitrogens with one attached hydrogen (secondary N) is 1. The monoisotopic (exact) mass is 265 g/mol. The number of hydrogen-bond donors (Lipinski definition) is 1. The van der Waals surface area contributed by atoms with Crippen molar-refractivity contribution >= 4 is 0 Å². The molecule has 0 saturated heterocycles. The van der Waals surface area contributed by atoms with E-state index in [2.05, 4.69) is 44.3 Å². The van der Waals surface area contributed by atoms with E-state index < -0.39 is 0 Å². The minimum atomic E-state index is -0.215. The second-order valence-corrected chi connectivity index (χ2v) is 5.10. The van der Waals surface area contributed by atoms with Gasteiger partial charge in [-0.25, -0.2) is 0 Å². The molecule has 0 aliphatic rings. The molecule has 0 aliphatic carbocycles. The fourth-order valence-electron chi connectivity index (χ4n) is 2.46. The van der Waals surface area contributed by atoms with Crippen LogP contribution in [0.1, 0.15) is 30.0 Å². The summed E-state index contributed by atoms with van der Waals surface area (Å²) in [6.07, 6.45) is 1.80. The SMILES string of the molecule is CCCNC(Cc1cc(C)cc(C)c1)C(OC)OC. The molecule has 1 atom stereocenters. The fraction of sp³-hybridized carbons (Fsp3) is 0.625. The number of rotatable bonds is 8. The van der Waals surface area contributed by atoms with Crippen LogP contribution in [0.5, 0.6) is 0 Å². The highest BCUT2D eigenvalue weighted by atomic mass is 16.7. The Balaban J connectivity index is 2.80. The van der Waals surface area contributed by atoms with Crippen LogP contribution >= 0.6 is 0 Å². The van der Waals surface area contributed by atoms with Gasteiger partial charge in [0.2, 0.25) is 0 Å². The van der Waals surface area contributed by atoms with Crippen molar-refractivity contribution in [2.75, 3.05) is 20.8 Å². The van der Waals surface area contributed by atoms with E-state index in [0.29, 0.717) is 0 Å². The summed E-state index contributed by atoms with van der Waals surface area (Å²) >= 11 is 0. The highest BCUT2D eigenvalue weighted by Gasteiger charge is 2.20. The first-order valence-electron chi connectivity index (χ1n) is 6.96. The topological polar surface area (TPSA) is 30.5 Å². The van der Waals surface area contributed by atoms with E-state index in [9.17, 15) is 0 Å². The number of hydrogen-bond acceptors (Lipinski definition) is 3. The van der Waals surface area contributed by atoms with Crippen molar-refractivity contribution in [2.45, 2.75) is 45.9 Å². The quantitative estimate of drug-likeness (QED) is 0.733. The Labute approximate surface area is 117 Å². The van der Waals surface area contributed by atoms with E-state index >= 15 is 0 Å². The molecule has 0 saturated carbocycles. The Hall–Kier alpha value is -0.900. The Bertz CT molecular complexity index is 355. The predicted molar refractivity (Wildman–Crippen MR) is 79.5 cm³/mol. The number of aryl methyl sites for hydroxylation is 2. The van der Waals surface area contributed by atoms with Gasteiger partial charge in [0, 0.05) is 14.2 Å². The summed E-state index contributed by atoms with van der Waals surface area (Å²) < 4.78 is 10.8. The third kappa shape index (κ3) is 5.31. The van der Waals surface area contributed by atoms with Crippen molar-refractivity contribution in [1.29, 1.82) is 0 Å². The maximum absolute atomic E-state index is 5.41. The first-order chi connectivity index (χ1) is 9.10. The summed E-state index contributed by atoms with van der Waals surface area (Å²) in [6.45, 7) is 7.40. The molecule has 0 aromatic heterocycles. The van der Waals surface area contributed by atoms with Crippen LogP contribution in [0, 0.1) is 13.8 Å². The van der Waals surface area contributed by atoms with Gasteiger partial charge in [-0.3, -0.25) is 0 Å². The third-order valence-electron chi connectivity index (χ3n) is 3.19. The van der Waals surface area contributed by atoms with Crippen LogP contribution in [0.4, 0.5) is 0 Å². The van der Waals surface area contributed by atoms with Gasteiger partial charge in [-0.05, 0) is 38.8 Å². The number of ether oxygens (including phenoxy) is 2. The Kier molecular flexibility index (Phi) is 7.06. The van der Waals surface area contributed by atoms with Crippen LogP contribution in [0.25, 0.3) is 0 Å². The van der Waals surface area contributed by atoms with Gasteiger partial charge in [-0.1, -0.05) is 36.2 Å². The van der Waals surface area contributed by atoms with Crippen molar-refractivity contribution in [3.63, 3.8) is 0 Å². The Morgan fingerprint density at radius 1 is 1.05 bits per heavy atom. The Morgan fingerprint density at radius 3 is 2.11 bits per heavy atom. The van der Waals surface area contributed by atoms with Gasteiger partial charge in [0.1, 0.15) is 0 Å². The van der Waals surface area contributed by atoms with Crippen molar-refractivity contribution in [2.24, 2.45) is 0 Å². The van der Waals surface area contributed by atoms with Crippen molar-refractivity contribution in [3.05, 3.63) is 34.9 Å². The molecule has 1 N–H and O–H groups in total. The first kappa shape index (κ1) is 16.2. The standard InChI is InChI=1S/C16H27NO2/c1-6-7-17-15(16(18-4)19-5)11-14-9-12(2)8-13(3)10-14/h8-10,15-17H,6-7,11H2,1-5H3. The summed E-state index contributed by atoms with van der Waals surface area (Å²) in [5, 5.41) is 3.51. The Morgan fingerprint density at radius 2 is 1.63 bits per heavy atom. The lowest BCUT2D eigenvalue weighted by atomic mass is 10.0. The van der Waals surface area contributed by atoms with Crippen LogP contribution in [-0.4, -0.2) is 33.1 Å². The van der Waals surface area contributed by atoms with Crippen LogP contribution < -0.4 is 5.32 Å². The smallest absolute Gasteiger partial charge is 0.172 e. The minimum Gasteiger partial charge on any atom is -0.354 e. The van der Waals surface area contributed by atoms with Crippen LogP contribution in [0.2, 0.25) is 0 Å². The molecule has 1 aromatic carbocycles. The molecule has 19 heavy (non-hydrogen) atoms. The second kappa shape index (κ2) is 8.31. The molecule has 0 amide bonds. The molecular weight excluding hydrogens is 238 g/mol. The normalized spacial score (nSPS) is 12.9. The van der Waals surface area contributed by atoms with E-state index in [4.69, 9.17) is 9.47 Å². The molecule has 1 unspecified atom stereocenters. The van der Waals surface area contributed by atoms with E-state index in [1.807, 2.05) is 0 Å². The summed E-state index contributed by atoms with van der Waals surface area (Å²) in [5.74, 6) is 0. The molecule has 0 aliphatic heterocycles. The first-order valence-corrected chi connectivity index (χ1v) is 6.96. The van der Waals surface area contributed by atoms with Crippen molar-refractivity contribution in [1.82, 2.24) is 5.32 Å². The average Bonchev–Trinajstić information content (AvgIpc) is 2.35. The lowest BCUT2D eigenvalue weighted by molar-refractivity contribution is -0.122. The van der Waals surface area contributed by atoms with Gasteiger partial charge >= 0.3 is 0 Å². The molecular formula is C16H27NO2. The van der Waals surface area contributed by atoms with E-state index in [-0.39, 0.29) is 12.3 Å². The lowest BCUT2D eigenvalue weighted by Gasteiger charge is -2.26. The molecule has 1 rings (SSSR count). The van der Waals surface area contributed by atoms with E-state index in [1.165, 1.54) is 16.7 Å². The van der Waals surface area contributed by atoms with E-state index in [0.717, 1.165) is 19.4 Å². The van der Waals surface area contributed by atoms with Gasteiger partial charge < -0.3 is 14.8 Å². The predicted octanol–water partition coefficient (Wildman–Crippen LogP) is 2.83. The molecule has 1 aromatic rings. The zero-order valence-electron chi connectivity index (χ0n) is 12.8. The van der Waals surface area contributed by atoms with Gasteiger partial charge in [0.15, 0.2) is 6.29 Å². The van der Waals surface area contributed by atoms with Crippen molar-refractivity contribution < 1.29 is 9.47 Å². The van der Waals surface area contributed by atoms with Gasteiger partial charge in [0.25, 0.3) is 0 Å². The molecule has 0 bridgehead atoms. The van der Waals surface area contributed by atoms with E-state index in [1.54, 1.807) is 14.2 Å². The molecule has 0 heterocycles. The third-order valence-corrected chi connectivity index (χ3v) is 3.19. The van der Waals surface area contributed by atoms with Gasteiger partial charge in [0.05, 0.1) is 6.04 Å². The zero-order chi connectivity index (χ0) is 14.3. The van der Waals surface area contributed by atoms with Crippen LogP contribution in [0.15, 0.2) is 18.2 Å². The average molecular weight is 265 g/mol. The highest BCUT2D eigenvalue weighted by molar-refractivity contribution is 5.29. The van der Waals surface area contributed by atoms with Crippen LogP contribution in [-0.2, 0) is 15.9 Å². The zero-order valence-corrected chi connectivity index (χ0v) is 12.8. The summed E-state index contributed by atoms with van der Waals surface area (Å²) in [7, 11) is 3.38. The molecule has 0 radical (unpaired) electrons. The summed E-state index contributed by atoms with van der Waals surface area (Å²) in [6, 6.07) is 6.84. The minimum absolute atomic E-state index is 0.177. The molecule has 108 valence electrons. The maximum atomic E-state index is 5.41. The van der Waals surface area contributed by atoms with Crippen molar-refractivity contribution in [3.8, 4) is 0 Å². The highest BCUT2D eigenvalue weighted by Crippen LogP contribution is 2.13. The summed E-state index contributed by atoms with van der Waals surface area (Å²) in [5.41, 5.74) is 3.93. The fourth-order valence-corrected chi connectivity index (χ4v) is 2.46. The number of methoxy groups -OCH3 is 2. The molecule has 3 nitrogen and oxygen atoms in total.